The Morgan fingerprint density at radius 3 is 2.77 bits per heavy atom. The van der Waals surface area contributed by atoms with Crippen molar-refractivity contribution in [1.82, 2.24) is 9.97 Å². The van der Waals surface area contributed by atoms with Gasteiger partial charge < -0.3 is 4.90 Å². The van der Waals surface area contributed by atoms with Gasteiger partial charge in [-0.3, -0.25) is 0 Å². The molecule has 0 N–H and O–H groups in total. The third-order valence-electron chi connectivity index (χ3n) is 5.86. The minimum Gasteiger partial charge on any atom is -0.355 e. The van der Waals surface area contributed by atoms with Crippen LogP contribution in [0.1, 0.15) is 29.1 Å². The summed E-state index contributed by atoms with van der Waals surface area (Å²) in [6, 6.07) is 7.75. The van der Waals surface area contributed by atoms with Crippen LogP contribution in [0.2, 0.25) is 5.02 Å². The van der Waals surface area contributed by atoms with Crippen LogP contribution >= 0.6 is 34.7 Å². The summed E-state index contributed by atoms with van der Waals surface area (Å²) in [7, 11) is -0.969. The molecule has 0 amide bonds. The Labute approximate surface area is 189 Å². The van der Waals surface area contributed by atoms with Gasteiger partial charge in [0, 0.05) is 27.9 Å². The molecule has 1 fully saturated rings. The zero-order chi connectivity index (χ0) is 20.9. The van der Waals surface area contributed by atoms with Crippen molar-refractivity contribution in [3.05, 3.63) is 45.6 Å². The molecule has 1 aromatic carbocycles. The molecular weight excluding hydrogens is 458 g/mol. The molecule has 1 unspecified atom stereocenters. The number of anilines is 1. The van der Waals surface area contributed by atoms with Crippen LogP contribution in [0.5, 0.6) is 0 Å². The van der Waals surface area contributed by atoms with Crippen molar-refractivity contribution in [2.45, 2.75) is 42.4 Å². The molecule has 1 aliphatic carbocycles. The average Bonchev–Trinajstić information content (AvgIpc) is 3.40. The Balaban J connectivity index is 1.51. The standard InChI is InChI=1S/C21H22ClN3O2S3/c1-25(14-9-10-30(26,27)12-14)20-19-16-3-2-4-17(16)29-21(19)24-18(23-20)11-28-15-7-5-13(22)6-8-15/h5-8,14H,2-4,9-12H2,1H3. The van der Waals surface area contributed by atoms with Crippen molar-refractivity contribution in [2.75, 3.05) is 23.5 Å². The fourth-order valence-corrected chi connectivity index (χ4v) is 8.20. The highest BCUT2D eigenvalue weighted by molar-refractivity contribution is 7.98. The molecule has 5 rings (SSSR count). The number of hydrogen-bond donors (Lipinski definition) is 0. The quantitative estimate of drug-likeness (QED) is 0.492. The van der Waals surface area contributed by atoms with E-state index in [1.165, 1.54) is 16.9 Å². The van der Waals surface area contributed by atoms with Crippen LogP contribution in [-0.4, -0.2) is 43.0 Å². The summed E-state index contributed by atoms with van der Waals surface area (Å²) in [5, 5.41) is 1.86. The molecule has 2 aliphatic rings. The van der Waals surface area contributed by atoms with Gasteiger partial charge in [0.2, 0.25) is 0 Å². The van der Waals surface area contributed by atoms with Gasteiger partial charge in [-0.1, -0.05) is 11.6 Å². The highest BCUT2D eigenvalue weighted by Gasteiger charge is 2.33. The van der Waals surface area contributed by atoms with Crippen molar-refractivity contribution < 1.29 is 8.42 Å². The fraction of sp³-hybridized carbons (Fsp3) is 0.429. The first-order chi connectivity index (χ1) is 14.4. The van der Waals surface area contributed by atoms with Crippen LogP contribution in [0, 0.1) is 0 Å². The number of rotatable bonds is 5. The van der Waals surface area contributed by atoms with Gasteiger partial charge >= 0.3 is 0 Å². The van der Waals surface area contributed by atoms with Crippen LogP contribution in [0.25, 0.3) is 10.2 Å². The van der Waals surface area contributed by atoms with Crippen molar-refractivity contribution in [3.63, 3.8) is 0 Å². The summed E-state index contributed by atoms with van der Waals surface area (Å²) < 4.78 is 24.1. The lowest BCUT2D eigenvalue weighted by Crippen LogP contribution is -2.33. The lowest BCUT2D eigenvalue weighted by Gasteiger charge is -2.26. The molecule has 0 spiro atoms. The first-order valence-electron chi connectivity index (χ1n) is 10.0. The second-order valence-electron chi connectivity index (χ2n) is 7.91. The minimum atomic E-state index is -2.96. The van der Waals surface area contributed by atoms with Crippen LogP contribution in [0.4, 0.5) is 5.82 Å². The van der Waals surface area contributed by atoms with E-state index in [-0.39, 0.29) is 17.5 Å². The lowest BCUT2D eigenvalue weighted by molar-refractivity contribution is 0.600. The van der Waals surface area contributed by atoms with Gasteiger partial charge in [-0.2, -0.15) is 0 Å². The number of halogens is 1. The van der Waals surface area contributed by atoms with E-state index >= 15 is 0 Å². The third-order valence-corrected chi connectivity index (χ3v) is 10.1. The van der Waals surface area contributed by atoms with E-state index in [0.29, 0.717) is 12.2 Å². The molecule has 1 saturated heterocycles. The van der Waals surface area contributed by atoms with Gasteiger partial charge in [0.25, 0.3) is 0 Å². The second kappa shape index (κ2) is 7.97. The van der Waals surface area contributed by atoms with E-state index in [0.717, 1.165) is 44.6 Å². The largest absolute Gasteiger partial charge is 0.355 e. The van der Waals surface area contributed by atoms with Crippen molar-refractivity contribution >= 4 is 60.6 Å². The van der Waals surface area contributed by atoms with Crippen molar-refractivity contribution in [2.24, 2.45) is 0 Å². The van der Waals surface area contributed by atoms with E-state index in [4.69, 9.17) is 21.6 Å². The molecule has 0 bridgehead atoms. The summed E-state index contributed by atoms with van der Waals surface area (Å²) in [5.74, 6) is 2.80. The van der Waals surface area contributed by atoms with E-state index in [1.807, 2.05) is 31.3 Å². The molecule has 1 atom stereocenters. The number of sulfone groups is 1. The maximum Gasteiger partial charge on any atom is 0.152 e. The maximum absolute atomic E-state index is 12.1. The van der Waals surface area contributed by atoms with Gasteiger partial charge in [0.15, 0.2) is 9.84 Å². The second-order valence-corrected chi connectivity index (χ2v) is 12.7. The van der Waals surface area contributed by atoms with Gasteiger partial charge in [-0.15, -0.1) is 23.1 Å². The molecule has 30 heavy (non-hydrogen) atoms. The lowest BCUT2D eigenvalue weighted by atomic mass is 10.1. The topological polar surface area (TPSA) is 63.2 Å². The molecule has 5 nitrogen and oxygen atoms in total. The van der Waals surface area contributed by atoms with E-state index < -0.39 is 9.84 Å². The highest BCUT2D eigenvalue weighted by atomic mass is 35.5. The predicted molar refractivity (Wildman–Crippen MR) is 126 cm³/mol. The number of fused-ring (bicyclic) bond motifs is 3. The molecule has 158 valence electrons. The van der Waals surface area contributed by atoms with Crippen LogP contribution in [0.3, 0.4) is 0 Å². The summed E-state index contributed by atoms with van der Waals surface area (Å²) in [6.45, 7) is 0. The Hall–Kier alpha value is -1.35. The number of thioether (sulfide) groups is 1. The molecule has 9 heteroatoms. The average molecular weight is 480 g/mol. The smallest absolute Gasteiger partial charge is 0.152 e. The van der Waals surface area contributed by atoms with Crippen LogP contribution in [-0.2, 0) is 28.4 Å². The number of hydrogen-bond acceptors (Lipinski definition) is 7. The molecule has 0 saturated carbocycles. The van der Waals surface area contributed by atoms with Crippen LogP contribution in [0.15, 0.2) is 29.2 Å². The molecule has 3 aromatic rings. The Morgan fingerprint density at radius 1 is 1.23 bits per heavy atom. The normalized spacial score (nSPS) is 20.0. The molecule has 2 aromatic heterocycles. The van der Waals surface area contributed by atoms with E-state index in [9.17, 15) is 8.42 Å². The maximum atomic E-state index is 12.1. The van der Waals surface area contributed by atoms with Gasteiger partial charge in [0.05, 0.1) is 22.6 Å². The number of aromatic nitrogens is 2. The number of aryl methyl sites for hydroxylation is 2. The highest BCUT2D eigenvalue weighted by Crippen LogP contribution is 2.41. The number of benzene rings is 1. The van der Waals surface area contributed by atoms with Crippen molar-refractivity contribution in [3.8, 4) is 0 Å². The number of thiophene rings is 1. The fourth-order valence-electron chi connectivity index (χ4n) is 4.27. The molecular formula is C21H22ClN3O2S3. The molecule has 0 radical (unpaired) electrons. The van der Waals surface area contributed by atoms with Gasteiger partial charge in [-0.25, -0.2) is 18.4 Å². The number of nitrogens with zero attached hydrogens (tertiary/aromatic N) is 3. The van der Waals surface area contributed by atoms with Crippen molar-refractivity contribution in [1.29, 1.82) is 0 Å². The SMILES string of the molecule is CN(c1nc(CSc2ccc(Cl)cc2)nc2sc3c(c12)CCC3)C1CCS(=O)(=O)C1. The Bertz CT molecular complexity index is 1210. The molecule has 1 aliphatic heterocycles. The summed E-state index contributed by atoms with van der Waals surface area (Å²) in [6.07, 6.45) is 3.99. The van der Waals surface area contributed by atoms with Crippen LogP contribution < -0.4 is 4.90 Å². The predicted octanol–water partition coefficient (Wildman–Crippen LogP) is 4.75. The van der Waals surface area contributed by atoms with Gasteiger partial charge in [-0.05, 0) is 55.5 Å². The molecule has 3 heterocycles. The first kappa shape index (κ1) is 20.5. The summed E-state index contributed by atoms with van der Waals surface area (Å²) >= 11 is 9.44. The minimum absolute atomic E-state index is 0.0261. The summed E-state index contributed by atoms with van der Waals surface area (Å²) in [4.78, 5) is 15.5. The Kier molecular flexibility index (Phi) is 5.46. The van der Waals surface area contributed by atoms with E-state index in [1.54, 1.807) is 23.1 Å². The third kappa shape index (κ3) is 3.95. The van der Waals surface area contributed by atoms with Gasteiger partial charge in [0.1, 0.15) is 16.5 Å². The summed E-state index contributed by atoms with van der Waals surface area (Å²) in [5.41, 5.74) is 1.37. The zero-order valence-electron chi connectivity index (χ0n) is 16.6. The monoisotopic (exact) mass is 479 g/mol. The Morgan fingerprint density at radius 2 is 2.03 bits per heavy atom. The first-order valence-corrected chi connectivity index (χ1v) is 14.0. The zero-order valence-corrected chi connectivity index (χ0v) is 19.8. The van der Waals surface area contributed by atoms with E-state index in [2.05, 4.69) is 4.90 Å².